The van der Waals surface area contributed by atoms with Crippen LogP contribution in [0.15, 0.2) is 36.4 Å². The number of aryl methyl sites for hydroxylation is 5. The highest BCUT2D eigenvalue weighted by atomic mass is 32.1. The molecule has 3 aromatic rings. The van der Waals surface area contributed by atoms with Crippen LogP contribution in [0, 0.1) is 34.6 Å². The summed E-state index contributed by atoms with van der Waals surface area (Å²) in [6.07, 6.45) is 0. The topological polar surface area (TPSA) is 3.24 Å². The van der Waals surface area contributed by atoms with Crippen molar-refractivity contribution < 1.29 is 0 Å². The second-order valence-corrected chi connectivity index (χ2v) is 10.2. The molecule has 1 nitrogen and oxygen atoms in total. The Bertz CT molecular complexity index is 928. The summed E-state index contributed by atoms with van der Waals surface area (Å²) in [4.78, 5) is 8.19. The van der Waals surface area contributed by atoms with E-state index in [1.54, 1.807) is 0 Å². The maximum Gasteiger partial charge on any atom is 0.0443 e. The Kier molecular flexibility index (Phi) is 4.54. The predicted molar refractivity (Wildman–Crippen MR) is 118 cm³/mol. The molecule has 0 fully saturated rings. The van der Waals surface area contributed by atoms with Gasteiger partial charge >= 0.3 is 0 Å². The van der Waals surface area contributed by atoms with E-state index < -0.39 is 0 Å². The third-order valence-corrected chi connectivity index (χ3v) is 7.13. The lowest BCUT2D eigenvalue weighted by Gasteiger charge is -2.19. The Hall–Kier alpha value is -1.84. The number of anilines is 1. The van der Waals surface area contributed by atoms with Gasteiger partial charge in [0.05, 0.1) is 0 Å². The van der Waals surface area contributed by atoms with Gasteiger partial charge in [-0.05, 0) is 81.2 Å². The highest BCUT2D eigenvalue weighted by Gasteiger charge is 2.27. The van der Waals surface area contributed by atoms with Gasteiger partial charge in [0.1, 0.15) is 0 Å². The fourth-order valence-corrected chi connectivity index (χ4v) is 5.83. The molecule has 26 heavy (non-hydrogen) atoms. The second-order valence-electron chi connectivity index (χ2n) is 7.30. The van der Waals surface area contributed by atoms with Crippen LogP contribution in [0.1, 0.15) is 36.2 Å². The average molecular weight is 380 g/mol. The molecular formula is C23H25NS2. The molecule has 0 aliphatic carbocycles. The van der Waals surface area contributed by atoms with Crippen LogP contribution < -0.4 is 4.90 Å². The Labute approximate surface area is 164 Å². The van der Waals surface area contributed by atoms with Crippen molar-refractivity contribution in [2.24, 2.45) is 0 Å². The molecule has 3 heterocycles. The van der Waals surface area contributed by atoms with Gasteiger partial charge in [0.25, 0.3) is 0 Å². The van der Waals surface area contributed by atoms with Crippen molar-refractivity contribution in [1.82, 2.24) is 0 Å². The zero-order valence-corrected chi connectivity index (χ0v) is 17.8. The van der Waals surface area contributed by atoms with E-state index in [0.29, 0.717) is 0 Å². The van der Waals surface area contributed by atoms with E-state index in [1.807, 2.05) is 22.7 Å². The van der Waals surface area contributed by atoms with Gasteiger partial charge in [-0.15, -0.1) is 22.7 Å². The largest absolute Gasteiger partial charge is 0.363 e. The van der Waals surface area contributed by atoms with Crippen molar-refractivity contribution in [3.05, 3.63) is 72.6 Å². The van der Waals surface area contributed by atoms with E-state index in [9.17, 15) is 0 Å². The Balaban J connectivity index is 1.80. The van der Waals surface area contributed by atoms with Crippen LogP contribution in [0.5, 0.6) is 0 Å². The third kappa shape index (κ3) is 3.15. The summed E-state index contributed by atoms with van der Waals surface area (Å²) < 4.78 is 0. The molecule has 0 atom stereocenters. The van der Waals surface area contributed by atoms with Crippen molar-refractivity contribution in [2.75, 3.05) is 18.0 Å². The second kappa shape index (κ2) is 6.71. The van der Waals surface area contributed by atoms with Gasteiger partial charge < -0.3 is 4.90 Å². The first-order valence-electron chi connectivity index (χ1n) is 9.11. The van der Waals surface area contributed by atoms with Gasteiger partial charge in [-0.3, -0.25) is 0 Å². The molecule has 0 saturated carbocycles. The molecule has 0 bridgehead atoms. The van der Waals surface area contributed by atoms with E-state index in [0.717, 1.165) is 13.1 Å². The van der Waals surface area contributed by atoms with E-state index >= 15 is 0 Å². The number of thiophene rings is 2. The van der Waals surface area contributed by atoms with Gasteiger partial charge in [-0.1, -0.05) is 17.7 Å². The molecule has 1 aliphatic rings. The number of hydrogen-bond donors (Lipinski definition) is 0. The first-order valence-corrected chi connectivity index (χ1v) is 10.7. The zero-order valence-electron chi connectivity index (χ0n) is 16.1. The lowest BCUT2D eigenvalue weighted by Crippen LogP contribution is -2.20. The van der Waals surface area contributed by atoms with Crippen LogP contribution in [0.4, 0.5) is 5.69 Å². The SMILES string of the molecule is Cc1ccc(N2CC(c3cc(C)sc3C)=C(c3cc(C)sc3C)C2)cc1. The lowest BCUT2D eigenvalue weighted by molar-refractivity contribution is 1.01. The van der Waals surface area contributed by atoms with Gasteiger partial charge in [0.15, 0.2) is 0 Å². The molecule has 1 aliphatic heterocycles. The molecule has 0 spiro atoms. The van der Waals surface area contributed by atoms with Gasteiger partial charge in [0, 0.05) is 38.3 Å². The molecule has 0 saturated heterocycles. The Morgan fingerprint density at radius 2 is 1.15 bits per heavy atom. The number of benzene rings is 1. The number of hydrogen-bond acceptors (Lipinski definition) is 3. The van der Waals surface area contributed by atoms with Crippen molar-refractivity contribution in [1.29, 1.82) is 0 Å². The average Bonchev–Trinajstić information content (AvgIpc) is 3.25. The fourth-order valence-electron chi connectivity index (χ4n) is 3.92. The maximum absolute atomic E-state index is 2.52. The van der Waals surface area contributed by atoms with Crippen LogP contribution >= 0.6 is 22.7 Å². The van der Waals surface area contributed by atoms with Crippen molar-refractivity contribution >= 4 is 39.5 Å². The highest BCUT2D eigenvalue weighted by molar-refractivity contribution is 7.12. The zero-order chi connectivity index (χ0) is 18.4. The number of rotatable bonds is 3. The van der Waals surface area contributed by atoms with E-state index in [4.69, 9.17) is 0 Å². The van der Waals surface area contributed by atoms with Crippen LogP contribution in [-0.2, 0) is 0 Å². The minimum atomic E-state index is 0.990. The van der Waals surface area contributed by atoms with Gasteiger partial charge in [0.2, 0.25) is 0 Å². The molecule has 0 N–H and O–H groups in total. The molecule has 134 valence electrons. The lowest BCUT2D eigenvalue weighted by atomic mass is 9.97. The summed E-state index contributed by atoms with van der Waals surface area (Å²) in [6.45, 7) is 13.1. The minimum absolute atomic E-state index is 0.990. The van der Waals surface area contributed by atoms with Crippen LogP contribution in [-0.4, -0.2) is 13.1 Å². The van der Waals surface area contributed by atoms with E-state index in [-0.39, 0.29) is 0 Å². The summed E-state index contributed by atoms with van der Waals surface area (Å²) in [5, 5.41) is 0. The van der Waals surface area contributed by atoms with Crippen LogP contribution in [0.2, 0.25) is 0 Å². The molecule has 0 amide bonds. The standard InChI is InChI=1S/C23H25NS2/c1-14-6-8-19(9-7-14)24-12-22(20-10-15(2)25-17(20)4)23(13-24)21-11-16(3)26-18(21)5/h6-11H,12-13H2,1-5H3. The maximum atomic E-state index is 2.52. The van der Waals surface area contributed by atoms with Crippen LogP contribution in [0.25, 0.3) is 11.1 Å². The first kappa shape index (κ1) is 17.6. The van der Waals surface area contributed by atoms with Crippen molar-refractivity contribution in [2.45, 2.75) is 34.6 Å². The Morgan fingerprint density at radius 3 is 1.54 bits per heavy atom. The third-order valence-electron chi connectivity index (χ3n) is 5.19. The minimum Gasteiger partial charge on any atom is -0.363 e. The molecule has 1 aromatic carbocycles. The normalized spacial score (nSPS) is 14.6. The van der Waals surface area contributed by atoms with Crippen molar-refractivity contribution in [3.63, 3.8) is 0 Å². The summed E-state index contributed by atoms with van der Waals surface area (Å²) in [5.41, 5.74) is 8.54. The monoisotopic (exact) mass is 379 g/mol. The molecular weight excluding hydrogens is 354 g/mol. The van der Waals surface area contributed by atoms with E-state index in [1.165, 1.54) is 53.0 Å². The Morgan fingerprint density at radius 1 is 0.692 bits per heavy atom. The van der Waals surface area contributed by atoms with Gasteiger partial charge in [-0.25, -0.2) is 0 Å². The summed E-state index contributed by atoms with van der Waals surface area (Å²) >= 11 is 3.82. The quantitative estimate of drug-likeness (QED) is 0.484. The molecule has 4 rings (SSSR count). The van der Waals surface area contributed by atoms with Crippen molar-refractivity contribution in [3.8, 4) is 0 Å². The molecule has 0 unspecified atom stereocenters. The molecule has 3 heteroatoms. The van der Waals surface area contributed by atoms with E-state index in [2.05, 4.69) is 75.9 Å². The molecule has 2 aromatic heterocycles. The van der Waals surface area contributed by atoms with Gasteiger partial charge in [-0.2, -0.15) is 0 Å². The highest BCUT2D eigenvalue weighted by Crippen LogP contribution is 2.41. The number of nitrogens with zero attached hydrogens (tertiary/aromatic N) is 1. The summed E-state index contributed by atoms with van der Waals surface area (Å²) in [6, 6.07) is 13.7. The first-order chi connectivity index (χ1) is 12.4. The summed E-state index contributed by atoms with van der Waals surface area (Å²) in [7, 11) is 0. The smallest absolute Gasteiger partial charge is 0.0443 e. The fraction of sp³-hybridized carbons (Fsp3) is 0.304. The van der Waals surface area contributed by atoms with Crippen LogP contribution in [0.3, 0.4) is 0 Å². The summed E-state index contributed by atoms with van der Waals surface area (Å²) in [5.74, 6) is 0. The molecule has 0 radical (unpaired) electrons. The predicted octanol–water partition coefficient (Wildman–Crippen LogP) is 6.78.